The average Bonchev–Trinajstić information content (AvgIpc) is 3.08. The lowest BCUT2D eigenvalue weighted by molar-refractivity contribution is -0.137. The van der Waals surface area contributed by atoms with Crippen LogP contribution >= 0.6 is 7.82 Å². The van der Waals surface area contributed by atoms with Crippen LogP contribution in [0.5, 0.6) is 0 Å². The van der Waals surface area contributed by atoms with Crippen molar-refractivity contribution in [2.45, 2.75) is 42.9 Å². The standard InChI is InChI=1S/C19H19F3N5O9P/c20-19(21,22)11-3-1-2-10(8-11)12-5-7-33-37(32,36-12)34-9-18(25-26-23)15(30)14(29)16(35-18)27-6-4-13(28)24-17(27)31/h1-4,6,8,12,14-16,29-30H,5,7,9H2,(H,24,28,31)/t12-,14+,15-,16+,18+,37?/m0/s1. The largest absolute Gasteiger partial charge is 0.475 e. The molecule has 0 radical (unpaired) electrons. The van der Waals surface area contributed by atoms with Gasteiger partial charge in [-0.1, -0.05) is 17.2 Å². The van der Waals surface area contributed by atoms with Gasteiger partial charge in [0, 0.05) is 23.6 Å². The molecule has 3 N–H and O–H groups in total. The number of benzene rings is 1. The molecule has 1 aromatic heterocycles. The summed E-state index contributed by atoms with van der Waals surface area (Å²) in [5.41, 5.74) is 3.91. The van der Waals surface area contributed by atoms with Gasteiger partial charge in [0.25, 0.3) is 5.56 Å². The topological polar surface area (TPSA) is 198 Å². The van der Waals surface area contributed by atoms with Crippen molar-refractivity contribution in [3.05, 3.63) is 78.9 Å². The maximum absolute atomic E-state index is 13.1. The first-order valence-corrected chi connectivity index (χ1v) is 12.0. The van der Waals surface area contributed by atoms with Crippen LogP contribution in [0, 0.1) is 0 Å². The molecule has 2 fully saturated rings. The lowest BCUT2D eigenvalue weighted by Crippen LogP contribution is -2.45. The third kappa shape index (κ3) is 5.49. The number of rotatable bonds is 6. The molecule has 0 aliphatic carbocycles. The van der Waals surface area contributed by atoms with E-state index in [0.29, 0.717) is 4.57 Å². The minimum Gasteiger partial charge on any atom is -0.387 e. The van der Waals surface area contributed by atoms with Crippen molar-refractivity contribution < 1.29 is 46.3 Å². The normalized spacial score (nSPS) is 32.1. The first kappa shape index (κ1) is 27.0. The van der Waals surface area contributed by atoms with Crippen LogP contribution in [-0.4, -0.2) is 50.9 Å². The second-order valence-electron chi connectivity index (χ2n) is 8.06. The van der Waals surface area contributed by atoms with E-state index in [9.17, 15) is 37.5 Å². The lowest BCUT2D eigenvalue weighted by atomic mass is 10.0. The molecule has 200 valence electrons. The molecule has 4 rings (SSSR count). The van der Waals surface area contributed by atoms with Crippen molar-refractivity contribution in [3.8, 4) is 0 Å². The zero-order valence-electron chi connectivity index (χ0n) is 18.5. The lowest BCUT2D eigenvalue weighted by Gasteiger charge is -2.32. The highest BCUT2D eigenvalue weighted by molar-refractivity contribution is 7.48. The molecule has 6 atom stereocenters. The first-order chi connectivity index (χ1) is 17.4. The highest BCUT2D eigenvalue weighted by Crippen LogP contribution is 2.58. The molecule has 1 unspecified atom stereocenters. The number of phosphoric ester groups is 1. The Kier molecular flexibility index (Phi) is 7.34. The minimum absolute atomic E-state index is 0.0329. The van der Waals surface area contributed by atoms with Gasteiger partial charge in [0.2, 0.25) is 5.72 Å². The summed E-state index contributed by atoms with van der Waals surface area (Å²) in [6.07, 6.45) is -10.3. The monoisotopic (exact) mass is 549 g/mol. The van der Waals surface area contributed by atoms with Crippen molar-refractivity contribution >= 4 is 7.82 Å². The molecular formula is C19H19F3N5O9P. The number of azide groups is 1. The minimum atomic E-state index is -4.62. The second kappa shape index (κ2) is 10.0. The summed E-state index contributed by atoms with van der Waals surface area (Å²) in [7, 11) is -4.52. The predicted octanol–water partition coefficient (Wildman–Crippen LogP) is 2.12. The summed E-state index contributed by atoms with van der Waals surface area (Å²) >= 11 is 0. The number of aliphatic hydroxyl groups excluding tert-OH is 2. The molecular weight excluding hydrogens is 530 g/mol. The number of halogens is 3. The number of nitrogens with zero attached hydrogens (tertiary/aromatic N) is 4. The summed E-state index contributed by atoms with van der Waals surface area (Å²) in [4.78, 5) is 27.9. The Morgan fingerprint density at radius 2 is 2.08 bits per heavy atom. The molecule has 2 aliphatic heterocycles. The smallest absolute Gasteiger partial charge is 0.387 e. The van der Waals surface area contributed by atoms with E-state index in [-0.39, 0.29) is 18.6 Å². The summed E-state index contributed by atoms with van der Waals surface area (Å²) < 4.78 is 74.1. The van der Waals surface area contributed by atoms with E-state index in [1.807, 2.05) is 4.98 Å². The van der Waals surface area contributed by atoms with Crippen molar-refractivity contribution in [2.24, 2.45) is 5.11 Å². The molecule has 37 heavy (non-hydrogen) atoms. The fourth-order valence-corrected chi connectivity index (χ4v) is 5.23. The zero-order valence-corrected chi connectivity index (χ0v) is 19.4. The molecule has 2 saturated heterocycles. The van der Waals surface area contributed by atoms with Crippen LogP contribution in [0.4, 0.5) is 13.2 Å². The molecule has 2 aromatic rings. The summed E-state index contributed by atoms with van der Waals surface area (Å²) in [6.45, 7) is -1.26. The first-order valence-electron chi connectivity index (χ1n) is 10.5. The van der Waals surface area contributed by atoms with E-state index >= 15 is 0 Å². The molecule has 3 heterocycles. The molecule has 18 heteroatoms. The maximum Gasteiger partial charge on any atom is 0.475 e. The number of H-pyrrole nitrogens is 1. The van der Waals surface area contributed by atoms with Gasteiger partial charge in [0.1, 0.15) is 12.2 Å². The predicted molar refractivity (Wildman–Crippen MR) is 115 cm³/mol. The van der Waals surface area contributed by atoms with Gasteiger partial charge in [0.15, 0.2) is 6.23 Å². The third-order valence-electron chi connectivity index (χ3n) is 5.64. The number of ether oxygens (including phenoxy) is 1. The number of aromatic amines is 1. The van der Waals surface area contributed by atoms with E-state index in [4.69, 9.17) is 23.8 Å². The molecule has 1 aromatic carbocycles. The van der Waals surface area contributed by atoms with Crippen LogP contribution in [0.2, 0.25) is 0 Å². The fourth-order valence-electron chi connectivity index (χ4n) is 3.82. The van der Waals surface area contributed by atoms with E-state index in [1.54, 1.807) is 0 Å². The Labute approximate surface area is 204 Å². The summed E-state index contributed by atoms with van der Waals surface area (Å²) in [6, 6.07) is 5.11. The van der Waals surface area contributed by atoms with Gasteiger partial charge in [0.05, 0.1) is 24.9 Å². The Balaban J connectivity index is 1.55. The SMILES string of the molecule is [N-]=[N+]=N[C@]1(COP2(=O)OCC[C@@H](c3cccc(C(F)(F)F)c3)O2)O[C@@H](n2ccc(=O)[nH]c2=O)[C@H](O)[C@@H]1O. The maximum atomic E-state index is 13.1. The molecule has 0 saturated carbocycles. The van der Waals surface area contributed by atoms with Crippen molar-refractivity contribution in [1.82, 2.24) is 9.55 Å². The van der Waals surface area contributed by atoms with Gasteiger partial charge in [-0.15, -0.1) is 0 Å². The summed E-state index contributed by atoms with van der Waals surface area (Å²) in [5, 5.41) is 24.4. The van der Waals surface area contributed by atoms with Crippen molar-refractivity contribution in [3.63, 3.8) is 0 Å². The van der Waals surface area contributed by atoms with Gasteiger partial charge < -0.3 is 14.9 Å². The highest BCUT2D eigenvalue weighted by Gasteiger charge is 2.56. The van der Waals surface area contributed by atoms with Crippen LogP contribution in [0.15, 0.2) is 51.2 Å². The number of hydrogen-bond donors (Lipinski definition) is 3. The van der Waals surface area contributed by atoms with Gasteiger partial charge in [-0.05, 0) is 23.2 Å². The average molecular weight is 549 g/mol. The van der Waals surface area contributed by atoms with Crippen LogP contribution in [0.25, 0.3) is 10.4 Å². The Morgan fingerprint density at radius 3 is 2.76 bits per heavy atom. The van der Waals surface area contributed by atoms with E-state index < -0.39 is 67.7 Å². The quantitative estimate of drug-likeness (QED) is 0.209. The van der Waals surface area contributed by atoms with Crippen LogP contribution in [-0.2, 0) is 29.0 Å². The Hall–Kier alpha value is -3.01. The molecule has 0 bridgehead atoms. The van der Waals surface area contributed by atoms with Gasteiger partial charge in [-0.25, -0.2) is 9.36 Å². The van der Waals surface area contributed by atoms with E-state index in [1.165, 1.54) is 6.07 Å². The van der Waals surface area contributed by atoms with Crippen molar-refractivity contribution in [2.75, 3.05) is 13.2 Å². The third-order valence-corrected chi connectivity index (χ3v) is 7.10. The number of nitrogens with one attached hydrogen (secondary N) is 1. The number of phosphoric acid groups is 1. The van der Waals surface area contributed by atoms with E-state index in [0.717, 1.165) is 30.5 Å². The van der Waals surface area contributed by atoms with Crippen LogP contribution in [0.1, 0.15) is 29.9 Å². The molecule has 0 spiro atoms. The zero-order chi connectivity index (χ0) is 27.0. The van der Waals surface area contributed by atoms with Crippen LogP contribution in [0.3, 0.4) is 0 Å². The Morgan fingerprint density at radius 1 is 1.32 bits per heavy atom. The van der Waals surface area contributed by atoms with Crippen LogP contribution < -0.4 is 11.2 Å². The number of hydrogen-bond acceptors (Lipinski definition) is 10. The number of alkyl halides is 3. The number of aromatic nitrogens is 2. The molecule has 0 amide bonds. The Bertz CT molecular complexity index is 1380. The van der Waals surface area contributed by atoms with E-state index in [2.05, 4.69) is 10.0 Å². The van der Waals surface area contributed by atoms with Gasteiger partial charge in [-0.2, -0.15) is 13.2 Å². The van der Waals surface area contributed by atoms with Gasteiger partial charge in [-0.3, -0.25) is 27.9 Å². The van der Waals surface area contributed by atoms with Gasteiger partial charge >= 0.3 is 19.7 Å². The number of aliphatic hydroxyl groups is 2. The highest BCUT2D eigenvalue weighted by atomic mass is 31.2. The van der Waals surface area contributed by atoms with Crippen molar-refractivity contribution in [1.29, 1.82) is 0 Å². The fraction of sp³-hybridized carbons (Fsp3) is 0.474. The molecule has 14 nitrogen and oxygen atoms in total. The molecule has 2 aliphatic rings. The second-order valence-corrected chi connectivity index (χ2v) is 9.68. The summed E-state index contributed by atoms with van der Waals surface area (Å²) in [5.74, 6) is 0.